The summed E-state index contributed by atoms with van der Waals surface area (Å²) in [5, 5.41) is 12.1. The number of Topliss-reactive ketones (excluding diaryl/α,β-unsaturated/α-hetero) is 1. The van der Waals surface area contributed by atoms with E-state index in [9.17, 15) is 19.5 Å². The van der Waals surface area contributed by atoms with Crippen molar-refractivity contribution in [3.8, 4) is 17.2 Å². The molecule has 1 amide bonds. The standard InChI is InChI=1S/C18H15NO7/c1-10(20)12-6-15-16(26-9-25-15)7-13(12)19-17(22)8-24-18(23)11-4-2-3-5-14(11)21/h2-7,21H,8-9H2,1H3,(H,19,22). The highest BCUT2D eigenvalue weighted by atomic mass is 16.7. The van der Waals surface area contributed by atoms with Crippen LogP contribution in [0, 0.1) is 0 Å². The molecule has 0 aromatic heterocycles. The second kappa shape index (κ2) is 7.14. The number of para-hydroxylation sites is 1. The summed E-state index contributed by atoms with van der Waals surface area (Å²) in [5.41, 5.74) is 0.424. The molecular formula is C18H15NO7. The highest BCUT2D eigenvalue weighted by Crippen LogP contribution is 2.37. The van der Waals surface area contributed by atoms with Gasteiger partial charge in [-0.25, -0.2) is 4.79 Å². The van der Waals surface area contributed by atoms with E-state index >= 15 is 0 Å². The van der Waals surface area contributed by atoms with Crippen molar-refractivity contribution in [3.05, 3.63) is 47.5 Å². The topological polar surface area (TPSA) is 111 Å². The first-order chi connectivity index (χ1) is 12.5. The molecule has 0 fully saturated rings. The Morgan fingerprint density at radius 3 is 2.50 bits per heavy atom. The molecule has 134 valence electrons. The van der Waals surface area contributed by atoms with E-state index in [1.807, 2.05) is 0 Å². The van der Waals surface area contributed by atoms with Crippen molar-refractivity contribution in [2.45, 2.75) is 6.92 Å². The smallest absolute Gasteiger partial charge is 0.342 e. The van der Waals surface area contributed by atoms with E-state index in [4.69, 9.17) is 14.2 Å². The van der Waals surface area contributed by atoms with Crippen molar-refractivity contribution >= 4 is 23.3 Å². The molecule has 3 rings (SSSR count). The van der Waals surface area contributed by atoms with Gasteiger partial charge in [-0.05, 0) is 25.1 Å². The Hall–Kier alpha value is -3.55. The van der Waals surface area contributed by atoms with Gasteiger partial charge in [0.15, 0.2) is 23.9 Å². The molecule has 2 aromatic carbocycles. The van der Waals surface area contributed by atoms with Crippen LogP contribution in [0.2, 0.25) is 0 Å². The number of phenols is 1. The summed E-state index contributed by atoms with van der Waals surface area (Å²) in [6, 6.07) is 8.78. The van der Waals surface area contributed by atoms with Gasteiger partial charge in [-0.1, -0.05) is 12.1 Å². The minimum absolute atomic E-state index is 0.0300. The largest absolute Gasteiger partial charge is 0.507 e. The number of phenolic OH excluding ortho intramolecular Hbond substituents is 1. The van der Waals surface area contributed by atoms with Crippen LogP contribution in [0.1, 0.15) is 27.6 Å². The van der Waals surface area contributed by atoms with Gasteiger partial charge in [-0.3, -0.25) is 9.59 Å². The third kappa shape index (κ3) is 3.59. The van der Waals surface area contributed by atoms with Crippen molar-refractivity contribution in [1.29, 1.82) is 0 Å². The summed E-state index contributed by atoms with van der Waals surface area (Å²) in [6.45, 7) is 0.798. The first kappa shape index (κ1) is 17.3. The number of rotatable bonds is 5. The Kier molecular flexibility index (Phi) is 4.74. The molecule has 2 N–H and O–H groups in total. The van der Waals surface area contributed by atoms with Gasteiger partial charge in [0.2, 0.25) is 6.79 Å². The fraction of sp³-hybridized carbons (Fsp3) is 0.167. The fourth-order valence-electron chi connectivity index (χ4n) is 2.38. The number of amides is 1. The maximum Gasteiger partial charge on any atom is 0.342 e. The Labute approximate surface area is 148 Å². The second-order valence-electron chi connectivity index (χ2n) is 5.45. The first-order valence-electron chi connectivity index (χ1n) is 7.65. The lowest BCUT2D eigenvalue weighted by atomic mass is 10.1. The van der Waals surface area contributed by atoms with Crippen LogP contribution in [0.25, 0.3) is 0 Å². The molecule has 1 aliphatic heterocycles. The van der Waals surface area contributed by atoms with Crippen LogP contribution in [-0.2, 0) is 9.53 Å². The minimum Gasteiger partial charge on any atom is -0.507 e. The summed E-state index contributed by atoms with van der Waals surface area (Å²) in [7, 11) is 0. The van der Waals surface area contributed by atoms with Crippen LogP contribution in [0.4, 0.5) is 5.69 Å². The van der Waals surface area contributed by atoms with Crippen LogP contribution in [0.5, 0.6) is 17.2 Å². The van der Waals surface area contributed by atoms with Gasteiger partial charge in [0, 0.05) is 11.6 Å². The van der Waals surface area contributed by atoms with Gasteiger partial charge < -0.3 is 24.6 Å². The molecule has 1 aliphatic rings. The average molecular weight is 357 g/mol. The van der Waals surface area contributed by atoms with Gasteiger partial charge in [0.1, 0.15) is 11.3 Å². The summed E-state index contributed by atoms with van der Waals surface area (Å²) >= 11 is 0. The van der Waals surface area contributed by atoms with Gasteiger partial charge in [0.25, 0.3) is 5.91 Å². The third-order valence-corrected chi connectivity index (χ3v) is 3.62. The number of carbonyl (C=O) groups is 3. The maximum absolute atomic E-state index is 12.1. The van der Waals surface area contributed by atoms with Gasteiger partial charge in [-0.15, -0.1) is 0 Å². The molecule has 2 aromatic rings. The molecule has 0 bridgehead atoms. The molecule has 8 heteroatoms. The minimum atomic E-state index is -0.837. The van der Waals surface area contributed by atoms with Crippen LogP contribution in [0.3, 0.4) is 0 Å². The van der Waals surface area contributed by atoms with Crippen LogP contribution in [-0.4, -0.2) is 36.2 Å². The summed E-state index contributed by atoms with van der Waals surface area (Å²) in [5.74, 6) is -1.18. The summed E-state index contributed by atoms with van der Waals surface area (Å²) < 4.78 is 15.3. The van der Waals surface area contributed by atoms with Crippen LogP contribution >= 0.6 is 0 Å². The fourth-order valence-corrected chi connectivity index (χ4v) is 2.38. The molecule has 0 spiro atoms. The maximum atomic E-state index is 12.1. The monoisotopic (exact) mass is 357 g/mol. The molecule has 0 atom stereocenters. The van der Waals surface area contributed by atoms with Crippen molar-refractivity contribution < 1.29 is 33.7 Å². The summed E-state index contributed by atoms with van der Waals surface area (Å²) in [6.07, 6.45) is 0. The Morgan fingerprint density at radius 2 is 1.81 bits per heavy atom. The lowest BCUT2D eigenvalue weighted by Crippen LogP contribution is -2.22. The van der Waals surface area contributed by atoms with Crippen molar-refractivity contribution in [1.82, 2.24) is 0 Å². The van der Waals surface area contributed by atoms with Crippen LogP contribution < -0.4 is 14.8 Å². The van der Waals surface area contributed by atoms with E-state index in [1.165, 1.54) is 31.2 Å². The van der Waals surface area contributed by atoms with E-state index in [2.05, 4.69) is 5.32 Å². The normalized spacial score (nSPS) is 11.7. The predicted molar refractivity (Wildman–Crippen MR) is 89.6 cm³/mol. The number of fused-ring (bicyclic) bond motifs is 1. The number of anilines is 1. The van der Waals surface area contributed by atoms with E-state index in [0.717, 1.165) is 0 Å². The molecule has 0 saturated heterocycles. The third-order valence-electron chi connectivity index (χ3n) is 3.62. The highest BCUT2D eigenvalue weighted by molar-refractivity contribution is 6.05. The molecular weight excluding hydrogens is 342 g/mol. The second-order valence-corrected chi connectivity index (χ2v) is 5.45. The van der Waals surface area contributed by atoms with Crippen molar-refractivity contribution in [3.63, 3.8) is 0 Å². The SMILES string of the molecule is CC(=O)c1cc2c(cc1NC(=O)COC(=O)c1ccccc1O)OCO2. The number of esters is 1. The molecule has 1 heterocycles. The molecule has 0 saturated carbocycles. The highest BCUT2D eigenvalue weighted by Gasteiger charge is 2.21. The quantitative estimate of drug-likeness (QED) is 0.623. The molecule has 8 nitrogen and oxygen atoms in total. The molecule has 0 unspecified atom stereocenters. The number of hydrogen-bond donors (Lipinski definition) is 2. The number of carbonyl (C=O) groups excluding carboxylic acids is 3. The van der Waals surface area contributed by atoms with Gasteiger partial charge in [-0.2, -0.15) is 0 Å². The molecule has 26 heavy (non-hydrogen) atoms. The lowest BCUT2D eigenvalue weighted by Gasteiger charge is -2.11. The number of benzene rings is 2. The number of ether oxygens (including phenoxy) is 3. The number of ketones is 1. The lowest BCUT2D eigenvalue weighted by molar-refractivity contribution is -0.119. The Bertz CT molecular complexity index is 891. The van der Waals surface area contributed by atoms with E-state index < -0.39 is 18.5 Å². The Balaban J connectivity index is 1.68. The number of aromatic hydroxyl groups is 1. The van der Waals surface area contributed by atoms with Gasteiger partial charge >= 0.3 is 5.97 Å². The van der Waals surface area contributed by atoms with E-state index in [1.54, 1.807) is 12.1 Å². The zero-order valence-electron chi connectivity index (χ0n) is 13.8. The first-order valence-corrected chi connectivity index (χ1v) is 7.65. The van der Waals surface area contributed by atoms with Crippen molar-refractivity contribution in [2.24, 2.45) is 0 Å². The average Bonchev–Trinajstić information content (AvgIpc) is 3.06. The van der Waals surface area contributed by atoms with E-state index in [0.29, 0.717) is 11.5 Å². The number of hydrogen-bond acceptors (Lipinski definition) is 7. The molecule has 0 radical (unpaired) electrons. The van der Waals surface area contributed by atoms with Crippen LogP contribution in [0.15, 0.2) is 36.4 Å². The zero-order chi connectivity index (χ0) is 18.7. The predicted octanol–water partition coefficient (Wildman–Crippen LogP) is 2.12. The van der Waals surface area contributed by atoms with Gasteiger partial charge in [0.05, 0.1) is 5.69 Å². The molecule has 0 aliphatic carbocycles. The number of nitrogens with one attached hydrogen (secondary N) is 1. The van der Waals surface area contributed by atoms with E-state index in [-0.39, 0.29) is 35.1 Å². The van der Waals surface area contributed by atoms with Crippen molar-refractivity contribution in [2.75, 3.05) is 18.7 Å². The zero-order valence-corrected chi connectivity index (χ0v) is 13.8. The summed E-state index contributed by atoms with van der Waals surface area (Å²) in [4.78, 5) is 35.7. The Morgan fingerprint density at radius 1 is 1.12 bits per heavy atom.